The van der Waals surface area contributed by atoms with E-state index in [1.54, 1.807) is 85.9 Å². The molecule has 5 rings (SSSR count). The van der Waals surface area contributed by atoms with Gasteiger partial charge in [0.1, 0.15) is 23.0 Å². The van der Waals surface area contributed by atoms with Crippen LogP contribution in [0, 0.1) is 0 Å². The zero-order valence-electron chi connectivity index (χ0n) is 24.6. The molecule has 1 unspecified atom stereocenters. The maximum atomic E-state index is 13.4. The number of aromatic nitrogens is 4. The third-order valence-corrected chi connectivity index (χ3v) is 7.39. The summed E-state index contributed by atoms with van der Waals surface area (Å²) in [5.41, 5.74) is 1.40. The van der Waals surface area contributed by atoms with Gasteiger partial charge in [-0.1, -0.05) is 23.7 Å². The van der Waals surface area contributed by atoms with Gasteiger partial charge in [0.15, 0.2) is 11.5 Å². The van der Waals surface area contributed by atoms with Gasteiger partial charge in [0.25, 0.3) is 0 Å². The van der Waals surface area contributed by atoms with Crippen LogP contribution < -0.4 is 29.7 Å². The van der Waals surface area contributed by atoms with Gasteiger partial charge in [-0.25, -0.2) is 14.8 Å². The van der Waals surface area contributed by atoms with Crippen molar-refractivity contribution in [1.29, 1.82) is 0 Å². The highest BCUT2D eigenvalue weighted by Crippen LogP contribution is 2.31. The predicted octanol–water partition coefficient (Wildman–Crippen LogP) is 3.77. The van der Waals surface area contributed by atoms with E-state index in [1.807, 2.05) is 17.0 Å². The molecule has 1 atom stereocenters. The minimum Gasteiger partial charge on any atom is -0.497 e. The Morgan fingerprint density at radius 3 is 2.55 bits per heavy atom. The molecule has 0 spiro atoms. The second-order valence-electron chi connectivity index (χ2n) is 9.90. The van der Waals surface area contributed by atoms with Crippen molar-refractivity contribution in [2.75, 3.05) is 51.2 Å². The van der Waals surface area contributed by atoms with Crippen LogP contribution in [-0.2, 0) is 11.3 Å². The van der Waals surface area contributed by atoms with E-state index in [-0.39, 0.29) is 36.6 Å². The number of piperazine rings is 1. The number of para-hydroxylation sites is 1. The van der Waals surface area contributed by atoms with Crippen molar-refractivity contribution in [2.24, 2.45) is 0 Å². The highest BCUT2D eigenvalue weighted by atomic mass is 35.5. The molecule has 3 heterocycles. The smallest absolute Gasteiger partial charge is 0.321 e. The topological polar surface area (TPSA) is 136 Å². The van der Waals surface area contributed by atoms with E-state index in [0.29, 0.717) is 47.8 Å². The maximum absolute atomic E-state index is 13.4. The molecule has 0 saturated carbocycles. The number of hydrogen-bond acceptors (Lipinski definition) is 9. The number of halogens is 1. The summed E-state index contributed by atoms with van der Waals surface area (Å²) in [4.78, 5) is 43.4. The molecule has 4 aromatic rings. The molecule has 1 aliphatic heterocycles. The van der Waals surface area contributed by atoms with Crippen LogP contribution in [0.25, 0.3) is 5.95 Å². The number of anilines is 2. The Kier molecular flexibility index (Phi) is 9.65. The van der Waals surface area contributed by atoms with Crippen molar-refractivity contribution in [2.45, 2.75) is 19.0 Å². The van der Waals surface area contributed by atoms with E-state index < -0.39 is 6.04 Å². The highest BCUT2D eigenvalue weighted by Gasteiger charge is 2.33. The SMILES string of the molecule is COc1ccc(NC(=O)N2CCN(c3cc(Cl)nc(-n4ccnc4)n3)C(CC(=O)NCc3cccc(OC)c3OC)C2)cc1. The standard InChI is InChI=1S/C30H33ClN8O5/c1-42-23-9-7-21(8-10-23)34-30(41)37-13-14-39(26-16-25(31)35-29(36-26)38-12-11-32-19-38)22(18-37)15-27(40)33-17-20-5-4-6-24(43-2)28(20)44-3/h4-12,16,19,22H,13-15,17-18H2,1-3H3,(H,33,40)(H,34,41). The van der Waals surface area contributed by atoms with E-state index in [1.165, 1.54) is 0 Å². The fraction of sp³-hybridized carbons (Fsp3) is 0.300. The van der Waals surface area contributed by atoms with Crippen LogP contribution in [-0.4, -0.2) is 83.4 Å². The fourth-order valence-corrected chi connectivity index (χ4v) is 5.17. The lowest BCUT2D eigenvalue weighted by Gasteiger charge is -2.42. The Balaban J connectivity index is 1.35. The van der Waals surface area contributed by atoms with Gasteiger partial charge in [0.2, 0.25) is 11.9 Å². The van der Waals surface area contributed by atoms with Gasteiger partial charge in [0.05, 0.1) is 27.4 Å². The number of urea groups is 1. The van der Waals surface area contributed by atoms with Gasteiger partial charge in [-0.2, -0.15) is 4.98 Å². The largest absolute Gasteiger partial charge is 0.497 e. The number of methoxy groups -OCH3 is 3. The summed E-state index contributed by atoms with van der Waals surface area (Å²) >= 11 is 6.41. The Morgan fingerprint density at radius 1 is 1.02 bits per heavy atom. The van der Waals surface area contributed by atoms with Crippen molar-refractivity contribution < 1.29 is 23.8 Å². The molecule has 1 fully saturated rings. The molecule has 44 heavy (non-hydrogen) atoms. The minimum absolute atomic E-state index is 0.0840. The number of carbonyl (C=O) groups excluding carboxylic acids is 2. The molecular formula is C30H33ClN8O5. The van der Waals surface area contributed by atoms with E-state index >= 15 is 0 Å². The van der Waals surface area contributed by atoms with Gasteiger partial charge < -0.3 is 34.6 Å². The van der Waals surface area contributed by atoms with Crippen LogP contribution in [0.3, 0.4) is 0 Å². The van der Waals surface area contributed by atoms with Crippen LogP contribution in [0.1, 0.15) is 12.0 Å². The number of benzene rings is 2. The van der Waals surface area contributed by atoms with Crippen molar-refractivity contribution in [1.82, 2.24) is 29.7 Å². The predicted molar refractivity (Wildman–Crippen MR) is 165 cm³/mol. The first-order valence-electron chi connectivity index (χ1n) is 13.8. The molecule has 230 valence electrons. The van der Waals surface area contributed by atoms with Gasteiger partial charge in [0, 0.05) is 62.3 Å². The summed E-state index contributed by atoms with van der Waals surface area (Å²) < 4.78 is 17.7. The van der Waals surface area contributed by atoms with Crippen molar-refractivity contribution in [3.05, 3.63) is 78.0 Å². The first-order valence-corrected chi connectivity index (χ1v) is 14.2. The molecular weight excluding hydrogens is 588 g/mol. The second kappa shape index (κ2) is 14.0. The molecule has 0 radical (unpaired) electrons. The molecule has 13 nitrogen and oxygen atoms in total. The highest BCUT2D eigenvalue weighted by molar-refractivity contribution is 6.29. The Bertz CT molecular complexity index is 1590. The summed E-state index contributed by atoms with van der Waals surface area (Å²) in [5, 5.41) is 6.15. The van der Waals surface area contributed by atoms with Gasteiger partial charge >= 0.3 is 6.03 Å². The number of imidazole rings is 1. The summed E-state index contributed by atoms with van der Waals surface area (Å²) in [6.07, 6.45) is 5.00. The number of hydrogen-bond donors (Lipinski definition) is 2. The third kappa shape index (κ3) is 7.11. The first kappa shape index (κ1) is 30.4. The van der Waals surface area contributed by atoms with Crippen molar-refractivity contribution >= 4 is 35.0 Å². The van der Waals surface area contributed by atoms with E-state index in [4.69, 9.17) is 30.8 Å². The van der Waals surface area contributed by atoms with E-state index in [9.17, 15) is 9.59 Å². The molecule has 1 aliphatic rings. The van der Waals surface area contributed by atoms with Gasteiger partial charge in [-0.15, -0.1) is 0 Å². The second-order valence-corrected chi connectivity index (χ2v) is 10.3. The lowest BCUT2D eigenvalue weighted by molar-refractivity contribution is -0.121. The van der Waals surface area contributed by atoms with Crippen LogP contribution in [0.15, 0.2) is 67.3 Å². The van der Waals surface area contributed by atoms with Crippen LogP contribution >= 0.6 is 11.6 Å². The fourth-order valence-electron chi connectivity index (χ4n) is 5.00. The molecule has 0 aliphatic carbocycles. The molecule has 2 aromatic carbocycles. The summed E-state index contributed by atoms with van der Waals surface area (Å²) in [7, 11) is 4.70. The third-order valence-electron chi connectivity index (χ3n) is 7.19. The minimum atomic E-state index is -0.417. The summed E-state index contributed by atoms with van der Waals surface area (Å²) in [6, 6.07) is 13.5. The van der Waals surface area contributed by atoms with E-state index in [2.05, 4.69) is 20.6 Å². The van der Waals surface area contributed by atoms with Crippen LogP contribution in [0.5, 0.6) is 17.2 Å². The Hall–Kier alpha value is -5.04. The number of carbonyl (C=O) groups is 2. The molecule has 3 amide bonds. The monoisotopic (exact) mass is 620 g/mol. The lowest BCUT2D eigenvalue weighted by Crippen LogP contribution is -2.57. The average molecular weight is 621 g/mol. The van der Waals surface area contributed by atoms with Gasteiger partial charge in [-0.05, 0) is 30.3 Å². The summed E-state index contributed by atoms with van der Waals surface area (Å²) in [6.45, 7) is 1.30. The van der Waals surface area contributed by atoms with Crippen molar-refractivity contribution in [3.63, 3.8) is 0 Å². The van der Waals surface area contributed by atoms with E-state index in [0.717, 1.165) is 5.56 Å². The number of ether oxygens (including phenoxy) is 3. The lowest BCUT2D eigenvalue weighted by atomic mass is 10.1. The molecule has 0 bridgehead atoms. The molecule has 2 aromatic heterocycles. The number of nitrogens with zero attached hydrogens (tertiary/aromatic N) is 6. The molecule has 14 heteroatoms. The normalized spacial score (nSPS) is 14.6. The first-order chi connectivity index (χ1) is 21.4. The summed E-state index contributed by atoms with van der Waals surface area (Å²) in [5.74, 6) is 2.49. The number of nitrogens with one attached hydrogen (secondary N) is 2. The average Bonchev–Trinajstić information content (AvgIpc) is 3.59. The Labute approximate surface area is 259 Å². The molecule has 1 saturated heterocycles. The van der Waals surface area contributed by atoms with Gasteiger partial charge in [-0.3, -0.25) is 9.36 Å². The quantitative estimate of drug-likeness (QED) is 0.254. The Morgan fingerprint density at radius 2 is 1.84 bits per heavy atom. The number of rotatable bonds is 10. The zero-order valence-corrected chi connectivity index (χ0v) is 25.3. The van der Waals surface area contributed by atoms with Crippen LogP contribution in [0.4, 0.5) is 16.3 Å². The van der Waals surface area contributed by atoms with Crippen molar-refractivity contribution in [3.8, 4) is 23.2 Å². The number of amides is 3. The van der Waals surface area contributed by atoms with Crippen LogP contribution in [0.2, 0.25) is 5.15 Å². The maximum Gasteiger partial charge on any atom is 0.321 e. The molecule has 2 N–H and O–H groups in total. The zero-order chi connectivity index (χ0) is 31.1.